The van der Waals surface area contributed by atoms with Crippen molar-refractivity contribution in [3.63, 3.8) is 0 Å². The van der Waals surface area contributed by atoms with Crippen LogP contribution in [0.2, 0.25) is 0 Å². The lowest BCUT2D eigenvalue weighted by molar-refractivity contribution is -0.131. The van der Waals surface area contributed by atoms with Crippen LogP contribution in [0.3, 0.4) is 0 Å². The predicted molar refractivity (Wildman–Crippen MR) is 79.4 cm³/mol. The summed E-state index contributed by atoms with van der Waals surface area (Å²) in [6.45, 7) is 4.34. The van der Waals surface area contributed by atoms with Gasteiger partial charge < -0.3 is 4.90 Å². The van der Waals surface area contributed by atoms with Crippen LogP contribution in [0, 0.1) is 11.8 Å². The van der Waals surface area contributed by atoms with Crippen LogP contribution < -0.4 is 0 Å². The number of carbonyl (C=O) groups is 2. The zero-order chi connectivity index (χ0) is 14.7. The molecule has 1 saturated carbocycles. The van der Waals surface area contributed by atoms with Gasteiger partial charge in [0.25, 0.3) is 0 Å². The first-order valence-corrected chi connectivity index (χ1v) is 7.97. The number of carbonyl (C=O) groups excluding carboxylic acids is 2. The summed E-state index contributed by atoms with van der Waals surface area (Å²) in [6.07, 6.45) is 5.34. The summed E-state index contributed by atoms with van der Waals surface area (Å²) in [5.41, 5.74) is 0. The highest BCUT2D eigenvalue weighted by molar-refractivity contribution is 5.79. The Morgan fingerprint density at radius 2 is 2.15 bits per heavy atom. The molecule has 0 aromatic rings. The van der Waals surface area contributed by atoms with Crippen LogP contribution in [0.5, 0.6) is 0 Å². The van der Waals surface area contributed by atoms with Crippen molar-refractivity contribution in [1.29, 1.82) is 0 Å². The molecule has 0 radical (unpaired) electrons. The average Bonchev–Trinajstić information content (AvgIpc) is 2.38. The van der Waals surface area contributed by atoms with Gasteiger partial charge in [0.05, 0.1) is 0 Å². The molecule has 0 N–H and O–H groups in total. The molecule has 4 heteroatoms. The van der Waals surface area contributed by atoms with Gasteiger partial charge in [-0.25, -0.2) is 0 Å². The van der Waals surface area contributed by atoms with Gasteiger partial charge in [-0.3, -0.25) is 14.5 Å². The standard InChI is InChI=1S/C16H28N2O2/c1-4-7-18-11-12(9-16(20)17(2)3)8-13-10-14(19)5-6-15(13)18/h12-13,15H,4-11H2,1-3H3/t12-,13-,15-/m1/s1. The fraction of sp³-hybridized carbons (Fsp3) is 0.875. The predicted octanol–water partition coefficient (Wildman–Crippen LogP) is 1.93. The van der Waals surface area contributed by atoms with E-state index in [-0.39, 0.29) is 5.91 Å². The van der Waals surface area contributed by atoms with Crippen molar-refractivity contribution in [1.82, 2.24) is 9.80 Å². The highest BCUT2D eigenvalue weighted by Crippen LogP contribution is 2.37. The Hall–Kier alpha value is -0.900. The molecule has 1 heterocycles. The van der Waals surface area contributed by atoms with Crippen molar-refractivity contribution in [2.75, 3.05) is 27.2 Å². The third-order valence-corrected chi connectivity index (χ3v) is 4.82. The quantitative estimate of drug-likeness (QED) is 0.790. The van der Waals surface area contributed by atoms with E-state index < -0.39 is 0 Å². The van der Waals surface area contributed by atoms with Crippen LogP contribution in [0.1, 0.15) is 45.4 Å². The highest BCUT2D eigenvalue weighted by atomic mass is 16.2. The molecule has 0 unspecified atom stereocenters. The smallest absolute Gasteiger partial charge is 0.222 e. The number of hydrogen-bond acceptors (Lipinski definition) is 3. The molecule has 20 heavy (non-hydrogen) atoms. The lowest BCUT2D eigenvalue weighted by Gasteiger charge is -2.46. The molecule has 1 saturated heterocycles. The molecule has 0 aromatic carbocycles. The van der Waals surface area contributed by atoms with Gasteiger partial charge in [0, 0.05) is 45.9 Å². The van der Waals surface area contributed by atoms with E-state index in [1.165, 1.54) is 0 Å². The van der Waals surface area contributed by atoms with Gasteiger partial charge in [-0.15, -0.1) is 0 Å². The number of likely N-dealkylation sites (tertiary alicyclic amines) is 1. The molecule has 2 rings (SSSR count). The molecule has 2 aliphatic rings. The number of piperidine rings is 1. The van der Waals surface area contributed by atoms with Gasteiger partial charge >= 0.3 is 0 Å². The summed E-state index contributed by atoms with van der Waals surface area (Å²) in [5, 5.41) is 0. The number of hydrogen-bond donors (Lipinski definition) is 0. The summed E-state index contributed by atoms with van der Waals surface area (Å²) in [5.74, 6) is 1.54. The minimum absolute atomic E-state index is 0.215. The summed E-state index contributed by atoms with van der Waals surface area (Å²) in [6, 6.07) is 0.582. The van der Waals surface area contributed by atoms with Gasteiger partial charge in [0.2, 0.25) is 5.91 Å². The maximum absolute atomic E-state index is 11.9. The fourth-order valence-electron chi connectivity index (χ4n) is 3.89. The summed E-state index contributed by atoms with van der Waals surface area (Å²) in [4.78, 5) is 27.9. The Labute approximate surface area is 122 Å². The second-order valence-corrected chi connectivity index (χ2v) is 6.70. The Morgan fingerprint density at radius 1 is 1.40 bits per heavy atom. The van der Waals surface area contributed by atoms with Crippen molar-refractivity contribution >= 4 is 11.7 Å². The van der Waals surface area contributed by atoms with Gasteiger partial charge in [-0.1, -0.05) is 6.92 Å². The van der Waals surface area contributed by atoms with Gasteiger partial charge in [-0.2, -0.15) is 0 Å². The average molecular weight is 280 g/mol. The molecule has 0 spiro atoms. The molecule has 2 fully saturated rings. The number of amides is 1. The first kappa shape index (κ1) is 15.5. The van der Waals surface area contributed by atoms with E-state index in [1.807, 2.05) is 14.1 Å². The Bertz CT molecular complexity index is 367. The molecule has 1 amide bonds. The SMILES string of the molecule is CCCN1C[C@@H](CC(=O)N(C)C)C[C@@H]2CC(=O)CC[C@H]21. The Morgan fingerprint density at radius 3 is 2.80 bits per heavy atom. The van der Waals surface area contributed by atoms with Crippen molar-refractivity contribution < 1.29 is 9.59 Å². The minimum atomic E-state index is 0.215. The number of nitrogens with zero attached hydrogens (tertiary/aromatic N) is 2. The first-order valence-electron chi connectivity index (χ1n) is 7.97. The summed E-state index contributed by atoms with van der Waals surface area (Å²) in [7, 11) is 3.64. The molecule has 4 nitrogen and oxygen atoms in total. The molecule has 114 valence electrons. The van der Waals surface area contributed by atoms with Crippen molar-refractivity contribution in [2.24, 2.45) is 11.8 Å². The van der Waals surface area contributed by atoms with Gasteiger partial charge in [0.1, 0.15) is 5.78 Å². The Balaban J connectivity index is 2.02. The van der Waals surface area contributed by atoms with E-state index in [2.05, 4.69) is 11.8 Å². The number of ketones is 1. The summed E-state index contributed by atoms with van der Waals surface area (Å²) < 4.78 is 0. The molecule has 1 aliphatic carbocycles. The van der Waals surface area contributed by atoms with Crippen LogP contribution in [0.15, 0.2) is 0 Å². The topological polar surface area (TPSA) is 40.6 Å². The normalized spacial score (nSPS) is 30.9. The molecular weight excluding hydrogens is 252 g/mol. The van der Waals surface area contributed by atoms with Crippen LogP contribution in [-0.2, 0) is 9.59 Å². The number of fused-ring (bicyclic) bond motifs is 1. The second kappa shape index (κ2) is 6.70. The van der Waals surface area contributed by atoms with Crippen LogP contribution in [-0.4, -0.2) is 54.7 Å². The van der Waals surface area contributed by atoms with E-state index in [4.69, 9.17) is 0 Å². The van der Waals surface area contributed by atoms with E-state index in [9.17, 15) is 9.59 Å². The number of rotatable bonds is 4. The monoisotopic (exact) mass is 280 g/mol. The van der Waals surface area contributed by atoms with Gasteiger partial charge in [0.15, 0.2) is 0 Å². The number of Topliss-reactive ketones (excluding diaryl/α,β-unsaturated/α-hetero) is 1. The minimum Gasteiger partial charge on any atom is -0.349 e. The van der Waals surface area contributed by atoms with E-state index in [1.54, 1.807) is 4.90 Å². The zero-order valence-electron chi connectivity index (χ0n) is 13.1. The van der Waals surface area contributed by atoms with Crippen LogP contribution in [0.4, 0.5) is 0 Å². The molecule has 3 atom stereocenters. The van der Waals surface area contributed by atoms with Gasteiger partial charge in [-0.05, 0) is 37.6 Å². The molecule has 1 aliphatic heterocycles. The van der Waals surface area contributed by atoms with E-state index >= 15 is 0 Å². The first-order chi connectivity index (χ1) is 9.51. The maximum Gasteiger partial charge on any atom is 0.222 e. The fourth-order valence-corrected chi connectivity index (χ4v) is 3.89. The van der Waals surface area contributed by atoms with Crippen molar-refractivity contribution in [3.05, 3.63) is 0 Å². The molecule has 0 aromatic heterocycles. The summed E-state index contributed by atoms with van der Waals surface area (Å²) >= 11 is 0. The lowest BCUT2D eigenvalue weighted by atomic mass is 9.73. The van der Waals surface area contributed by atoms with Crippen LogP contribution >= 0.6 is 0 Å². The molecule has 0 bridgehead atoms. The van der Waals surface area contributed by atoms with Crippen LogP contribution in [0.25, 0.3) is 0 Å². The highest BCUT2D eigenvalue weighted by Gasteiger charge is 2.39. The maximum atomic E-state index is 11.9. The Kier molecular flexibility index (Phi) is 5.19. The van der Waals surface area contributed by atoms with E-state index in [0.29, 0.717) is 30.1 Å². The largest absolute Gasteiger partial charge is 0.349 e. The zero-order valence-corrected chi connectivity index (χ0v) is 13.1. The van der Waals surface area contributed by atoms with E-state index in [0.717, 1.165) is 45.2 Å². The van der Waals surface area contributed by atoms with Crippen molar-refractivity contribution in [2.45, 2.75) is 51.5 Å². The molecular formula is C16H28N2O2. The second-order valence-electron chi connectivity index (χ2n) is 6.70. The third-order valence-electron chi connectivity index (χ3n) is 4.82. The third kappa shape index (κ3) is 3.60. The van der Waals surface area contributed by atoms with Crippen molar-refractivity contribution in [3.8, 4) is 0 Å². The lowest BCUT2D eigenvalue weighted by Crippen LogP contribution is -2.52.